The number of phenolic OH excluding ortho intramolecular Hbond substituents is 2. The van der Waals surface area contributed by atoms with E-state index in [-0.39, 0.29) is 23.3 Å². The summed E-state index contributed by atoms with van der Waals surface area (Å²) in [6.07, 6.45) is 0.977. The monoisotopic (exact) mass is 318 g/mol. The number of rotatable bonds is 5. The normalized spacial score (nSPS) is 13.4. The van der Waals surface area contributed by atoms with E-state index in [1.807, 2.05) is 30.3 Å². The molecule has 2 heteroatoms. The standard InChI is InChI=1S/C22H22O2/c1-2-21(16-8-12-19(23)13-9-16)22(17-6-4-3-5-7-17)18-10-14-20(24)15-11-18/h3-15,21-24H,2H2,1H3/t21-,22+/m0/s1. The van der Waals surface area contributed by atoms with Gasteiger partial charge in [-0.2, -0.15) is 0 Å². The average Bonchev–Trinajstić information content (AvgIpc) is 2.62. The first kappa shape index (κ1) is 16.1. The van der Waals surface area contributed by atoms with Crippen LogP contribution in [0.25, 0.3) is 0 Å². The van der Waals surface area contributed by atoms with Crippen LogP contribution in [0.5, 0.6) is 11.5 Å². The molecule has 0 fully saturated rings. The number of aromatic hydroxyl groups is 2. The Hall–Kier alpha value is -2.74. The second kappa shape index (κ2) is 7.22. The van der Waals surface area contributed by atoms with Gasteiger partial charge in [-0.15, -0.1) is 0 Å². The summed E-state index contributed by atoms with van der Waals surface area (Å²) in [4.78, 5) is 0. The largest absolute Gasteiger partial charge is 0.508 e. The Morgan fingerprint density at radius 1 is 0.625 bits per heavy atom. The first-order valence-electron chi connectivity index (χ1n) is 8.32. The minimum absolute atomic E-state index is 0.196. The summed E-state index contributed by atoms with van der Waals surface area (Å²) in [5, 5.41) is 19.2. The summed E-state index contributed by atoms with van der Waals surface area (Å²) in [5.74, 6) is 1.05. The zero-order valence-electron chi connectivity index (χ0n) is 13.8. The first-order valence-corrected chi connectivity index (χ1v) is 8.32. The fraction of sp³-hybridized carbons (Fsp3) is 0.182. The molecule has 2 atom stereocenters. The molecule has 0 saturated carbocycles. The van der Waals surface area contributed by atoms with E-state index in [2.05, 4.69) is 31.2 Å². The second-order valence-electron chi connectivity index (χ2n) is 6.09. The fourth-order valence-corrected chi connectivity index (χ4v) is 3.38. The Bertz CT molecular complexity index is 761. The lowest BCUT2D eigenvalue weighted by molar-refractivity contribution is 0.473. The highest BCUT2D eigenvalue weighted by Gasteiger charge is 2.25. The van der Waals surface area contributed by atoms with Crippen LogP contribution in [-0.4, -0.2) is 10.2 Å². The lowest BCUT2D eigenvalue weighted by Gasteiger charge is -2.28. The molecule has 0 radical (unpaired) electrons. The Labute approximate surface area is 143 Å². The zero-order valence-corrected chi connectivity index (χ0v) is 13.8. The highest BCUT2D eigenvalue weighted by atomic mass is 16.3. The molecule has 0 amide bonds. The van der Waals surface area contributed by atoms with Gasteiger partial charge in [0.25, 0.3) is 0 Å². The van der Waals surface area contributed by atoms with E-state index in [1.165, 1.54) is 16.7 Å². The third-order valence-electron chi connectivity index (χ3n) is 4.57. The van der Waals surface area contributed by atoms with E-state index in [0.29, 0.717) is 0 Å². The van der Waals surface area contributed by atoms with E-state index >= 15 is 0 Å². The van der Waals surface area contributed by atoms with Crippen molar-refractivity contribution in [2.75, 3.05) is 0 Å². The van der Waals surface area contributed by atoms with Crippen LogP contribution in [-0.2, 0) is 0 Å². The molecule has 0 aliphatic carbocycles. The van der Waals surface area contributed by atoms with E-state index in [4.69, 9.17) is 0 Å². The quantitative estimate of drug-likeness (QED) is 0.659. The number of hydrogen-bond acceptors (Lipinski definition) is 2. The van der Waals surface area contributed by atoms with E-state index in [1.54, 1.807) is 24.3 Å². The minimum Gasteiger partial charge on any atom is -0.508 e. The lowest BCUT2D eigenvalue weighted by atomic mass is 9.76. The SMILES string of the molecule is CC[C@@H](c1ccc(O)cc1)[C@H](c1ccccc1)c1ccc(O)cc1. The Kier molecular flexibility index (Phi) is 4.85. The molecule has 0 spiro atoms. The minimum atomic E-state index is 0.196. The maximum absolute atomic E-state index is 9.62. The fourth-order valence-electron chi connectivity index (χ4n) is 3.38. The zero-order chi connectivity index (χ0) is 16.9. The van der Waals surface area contributed by atoms with Gasteiger partial charge >= 0.3 is 0 Å². The van der Waals surface area contributed by atoms with Crippen molar-refractivity contribution in [3.63, 3.8) is 0 Å². The highest BCUT2D eigenvalue weighted by Crippen LogP contribution is 2.41. The van der Waals surface area contributed by atoms with Crippen molar-refractivity contribution in [2.24, 2.45) is 0 Å². The Morgan fingerprint density at radius 3 is 1.58 bits per heavy atom. The average molecular weight is 318 g/mol. The van der Waals surface area contributed by atoms with Crippen LogP contribution in [0.3, 0.4) is 0 Å². The second-order valence-corrected chi connectivity index (χ2v) is 6.09. The van der Waals surface area contributed by atoms with Crippen molar-refractivity contribution >= 4 is 0 Å². The molecule has 0 heterocycles. The third kappa shape index (κ3) is 3.43. The van der Waals surface area contributed by atoms with Gasteiger partial charge in [0, 0.05) is 5.92 Å². The Morgan fingerprint density at radius 2 is 1.08 bits per heavy atom. The first-order chi connectivity index (χ1) is 11.7. The van der Waals surface area contributed by atoms with Crippen LogP contribution in [0.2, 0.25) is 0 Å². The Balaban J connectivity index is 2.08. The third-order valence-corrected chi connectivity index (χ3v) is 4.57. The predicted octanol–water partition coefficient (Wildman–Crippen LogP) is 5.42. The van der Waals surface area contributed by atoms with E-state index < -0.39 is 0 Å². The molecule has 2 N–H and O–H groups in total. The number of benzene rings is 3. The molecule has 2 nitrogen and oxygen atoms in total. The summed E-state index contributed by atoms with van der Waals surface area (Å²) < 4.78 is 0. The molecule has 0 unspecified atom stereocenters. The molecular formula is C22H22O2. The van der Waals surface area contributed by atoms with Gasteiger partial charge in [-0.05, 0) is 53.3 Å². The molecule has 0 aromatic heterocycles. The molecular weight excluding hydrogens is 296 g/mol. The van der Waals surface area contributed by atoms with Crippen molar-refractivity contribution in [1.29, 1.82) is 0 Å². The summed E-state index contributed by atoms with van der Waals surface area (Å²) in [6.45, 7) is 2.19. The maximum atomic E-state index is 9.62. The summed E-state index contributed by atoms with van der Waals surface area (Å²) in [6, 6.07) is 25.4. The van der Waals surface area contributed by atoms with E-state index in [0.717, 1.165) is 6.42 Å². The lowest BCUT2D eigenvalue weighted by Crippen LogP contribution is -2.12. The molecule has 3 aromatic carbocycles. The molecule has 0 saturated heterocycles. The predicted molar refractivity (Wildman–Crippen MR) is 97.5 cm³/mol. The van der Waals surface area contributed by atoms with Crippen LogP contribution in [0.15, 0.2) is 78.9 Å². The molecule has 0 aliphatic rings. The number of hydrogen-bond donors (Lipinski definition) is 2. The molecule has 24 heavy (non-hydrogen) atoms. The molecule has 0 bridgehead atoms. The summed E-state index contributed by atoms with van der Waals surface area (Å²) in [5.41, 5.74) is 3.64. The van der Waals surface area contributed by atoms with Gasteiger partial charge < -0.3 is 10.2 Å². The van der Waals surface area contributed by atoms with Gasteiger partial charge in [-0.25, -0.2) is 0 Å². The van der Waals surface area contributed by atoms with Crippen LogP contribution < -0.4 is 0 Å². The van der Waals surface area contributed by atoms with Crippen molar-refractivity contribution in [1.82, 2.24) is 0 Å². The maximum Gasteiger partial charge on any atom is 0.115 e. The van der Waals surface area contributed by atoms with Crippen LogP contribution >= 0.6 is 0 Å². The summed E-state index contributed by atoms with van der Waals surface area (Å²) in [7, 11) is 0. The topological polar surface area (TPSA) is 40.5 Å². The smallest absolute Gasteiger partial charge is 0.115 e. The summed E-state index contributed by atoms with van der Waals surface area (Å²) >= 11 is 0. The molecule has 0 aliphatic heterocycles. The van der Waals surface area contributed by atoms with Gasteiger partial charge in [0.05, 0.1) is 0 Å². The van der Waals surface area contributed by atoms with Gasteiger partial charge in [0.2, 0.25) is 0 Å². The number of phenols is 2. The van der Waals surface area contributed by atoms with Crippen LogP contribution in [0, 0.1) is 0 Å². The van der Waals surface area contributed by atoms with Crippen molar-refractivity contribution in [3.05, 3.63) is 95.6 Å². The van der Waals surface area contributed by atoms with Gasteiger partial charge in [-0.1, -0.05) is 61.5 Å². The van der Waals surface area contributed by atoms with Crippen molar-refractivity contribution in [3.8, 4) is 11.5 Å². The van der Waals surface area contributed by atoms with Gasteiger partial charge in [0.15, 0.2) is 0 Å². The molecule has 3 aromatic rings. The van der Waals surface area contributed by atoms with Gasteiger partial charge in [0.1, 0.15) is 11.5 Å². The van der Waals surface area contributed by atoms with Crippen LogP contribution in [0.1, 0.15) is 41.9 Å². The van der Waals surface area contributed by atoms with Crippen LogP contribution in [0.4, 0.5) is 0 Å². The van der Waals surface area contributed by atoms with Crippen molar-refractivity contribution in [2.45, 2.75) is 25.2 Å². The van der Waals surface area contributed by atoms with Crippen molar-refractivity contribution < 1.29 is 10.2 Å². The van der Waals surface area contributed by atoms with Gasteiger partial charge in [-0.3, -0.25) is 0 Å². The highest BCUT2D eigenvalue weighted by molar-refractivity contribution is 5.41. The molecule has 3 rings (SSSR count). The van der Waals surface area contributed by atoms with E-state index in [9.17, 15) is 10.2 Å². The molecule has 122 valence electrons.